The quantitative estimate of drug-likeness (QED) is 0.510. The van der Waals surface area contributed by atoms with Gasteiger partial charge in [0.15, 0.2) is 0 Å². The van der Waals surface area contributed by atoms with Crippen LogP contribution in [0, 0.1) is 0 Å². The van der Waals surface area contributed by atoms with Gasteiger partial charge in [0.1, 0.15) is 0 Å². The van der Waals surface area contributed by atoms with Gasteiger partial charge in [-0.2, -0.15) is 0 Å². The molecule has 0 radical (unpaired) electrons. The van der Waals surface area contributed by atoms with Gasteiger partial charge in [0.2, 0.25) is 0 Å². The second kappa shape index (κ2) is 17.5. The fourth-order valence-corrected chi connectivity index (χ4v) is 91.9. The molecule has 0 heterocycles. The molecule has 0 unspecified atom stereocenters. The zero-order valence-corrected chi connectivity index (χ0v) is 29.6. The molecule has 0 fully saturated rings. The first-order valence-electron chi connectivity index (χ1n) is 10.2. The minimum atomic E-state index is -0.832. The Kier molecular flexibility index (Phi) is 22.4. The molecule has 0 saturated carbocycles. The number of hydrogen-bond acceptors (Lipinski definition) is 2. The molecule has 1 rings (SSSR count). The second-order valence-electron chi connectivity index (χ2n) is 10.9. The van der Waals surface area contributed by atoms with Crippen molar-refractivity contribution in [2.24, 2.45) is 0 Å². The maximum absolute atomic E-state index is 2.61. The molecular formula is C21H49ClN2Si4Zn. The van der Waals surface area contributed by atoms with E-state index >= 15 is 0 Å². The monoisotopic (exact) mass is 540 g/mol. The predicted molar refractivity (Wildman–Crippen MR) is 139 cm³/mol. The predicted octanol–water partition coefficient (Wildman–Crippen LogP) is 2.53. The van der Waals surface area contributed by atoms with E-state index in [4.69, 9.17) is 0 Å². The molecule has 0 aliphatic carbocycles. The third kappa shape index (κ3) is 23.4. The topological polar surface area (TPSA) is 6.48 Å². The van der Waals surface area contributed by atoms with Gasteiger partial charge in [0.05, 0.1) is 0 Å². The van der Waals surface area contributed by atoms with Crippen molar-refractivity contribution in [3.8, 4) is 0 Å². The summed E-state index contributed by atoms with van der Waals surface area (Å²) in [6.07, 6.45) is 0. The first kappa shape index (κ1) is 37.2. The van der Waals surface area contributed by atoms with E-state index < -0.39 is 22.8 Å². The number of halogens is 1. The third-order valence-corrected chi connectivity index (χ3v) is 62.4. The molecule has 1 aromatic carbocycles. The molecule has 0 bridgehead atoms. The summed E-state index contributed by atoms with van der Waals surface area (Å²) in [7, 11) is 5.88. The summed E-state index contributed by atoms with van der Waals surface area (Å²) >= 11 is 0. The van der Waals surface area contributed by atoms with Crippen LogP contribution in [0.5, 0.6) is 0 Å². The van der Waals surface area contributed by atoms with Crippen molar-refractivity contribution in [1.82, 2.24) is 9.80 Å². The van der Waals surface area contributed by atoms with Crippen LogP contribution in [0.4, 0.5) is 0 Å². The van der Waals surface area contributed by atoms with Gasteiger partial charge in [-0.25, -0.2) is 0 Å². The molecule has 2 nitrogen and oxygen atoms in total. The standard InChI is InChI=1S/C9H27Si4.C6H16N2.C6H6.ClH.Zn/c1-11(2,3)10(12(4,5)6)13(7,8)9;1-7(2)5-6-8(3)4;1-2-4-6-5-3-1;;/h1-9H3;5-6H2,1-4H3;1-6H;1H;/q-1;;;;+2/p-1. The van der Waals surface area contributed by atoms with Gasteiger partial charge in [-0.1, -0.05) is 95.3 Å². The van der Waals surface area contributed by atoms with E-state index in [1.165, 1.54) is 0 Å². The van der Waals surface area contributed by atoms with Crippen molar-refractivity contribution in [3.05, 3.63) is 36.4 Å². The first-order valence-corrected chi connectivity index (χ1v) is 25.2. The van der Waals surface area contributed by atoms with Crippen LogP contribution >= 0.6 is 0 Å². The number of rotatable bonds is 6. The van der Waals surface area contributed by atoms with Crippen molar-refractivity contribution in [2.45, 2.75) is 58.9 Å². The Balaban J connectivity index is -0.000000168. The van der Waals surface area contributed by atoms with Gasteiger partial charge >= 0.3 is 19.5 Å². The maximum atomic E-state index is 2.61. The van der Waals surface area contributed by atoms with Gasteiger partial charge in [-0.3, -0.25) is 7.35 Å². The molecule has 0 amide bonds. The summed E-state index contributed by atoms with van der Waals surface area (Å²) in [6.45, 7) is 25.8. The van der Waals surface area contributed by atoms with Crippen LogP contribution in [0.3, 0.4) is 0 Å². The molecule has 0 N–H and O–H groups in total. The van der Waals surface area contributed by atoms with E-state index in [0.717, 1.165) is 13.1 Å². The summed E-state index contributed by atoms with van der Waals surface area (Å²) < 4.78 is 0. The van der Waals surface area contributed by atoms with Gasteiger partial charge in [-0.15, -0.1) is 22.8 Å². The Hall–Kier alpha value is 0.921. The SMILES string of the molecule is CN(C)CCN(C)C.C[Si](C)(C)[Si-]([Si](C)(C)C)[Si](C)(C)C.[Cl-].[Zn+2].c1ccccc1. The van der Waals surface area contributed by atoms with E-state index in [1.807, 2.05) is 36.4 Å². The van der Waals surface area contributed by atoms with Crippen LogP contribution in [0.1, 0.15) is 0 Å². The molecule has 8 heteroatoms. The maximum Gasteiger partial charge on any atom is 2.00 e. The number of nitrogens with zero attached hydrogens (tertiary/aromatic N) is 2. The Morgan fingerprint density at radius 3 is 0.759 bits per heavy atom. The van der Waals surface area contributed by atoms with Crippen LogP contribution in [-0.4, -0.2) is 81.2 Å². The van der Waals surface area contributed by atoms with Crippen molar-refractivity contribution >= 4 is 30.1 Å². The van der Waals surface area contributed by atoms with Crippen LogP contribution in [0.25, 0.3) is 0 Å². The van der Waals surface area contributed by atoms with Crippen molar-refractivity contribution in [2.75, 3.05) is 41.3 Å². The number of hydrogen-bond donors (Lipinski definition) is 0. The molecule has 0 aliphatic rings. The minimum absolute atomic E-state index is 0. The summed E-state index contributed by atoms with van der Waals surface area (Å²) in [6, 6.07) is 12.0. The second-order valence-corrected chi connectivity index (χ2v) is 47.6. The molecule has 29 heavy (non-hydrogen) atoms. The van der Waals surface area contributed by atoms with Crippen LogP contribution in [0.15, 0.2) is 36.4 Å². The van der Waals surface area contributed by atoms with Gasteiger partial charge in [0.25, 0.3) is 0 Å². The third-order valence-electron chi connectivity index (χ3n) is 3.91. The minimum Gasteiger partial charge on any atom is -1.00 e. The summed E-state index contributed by atoms with van der Waals surface area (Å²) in [5.74, 6) is 0. The van der Waals surface area contributed by atoms with Gasteiger partial charge < -0.3 is 22.2 Å². The number of likely N-dealkylation sites (N-methyl/N-ethyl adjacent to an activating group) is 2. The molecule has 0 saturated heterocycles. The van der Waals surface area contributed by atoms with E-state index in [-0.39, 0.29) is 39.2 Å². The van der Waals surface area contributed by atoms with Crippen LogP contribution in [-0.2, 0) is 19.5 Å². The van der Waals surface area contributed by atoms with Gasteiger partial charge in [0, 0.05) is 13.1 Å². The largest absolute Gasteiger partial charge is 2.00 e. The molecule has 168 valence electrons. The normalized spacial score (nSPS) is 11.6. The first-order chi connectivity index (χ1) is 12.0. The Bertz CT molecular complexity index is 402. The van der Waals surface area contributed by atoms with E-state index in [2.05, 4.69) is 96.9 Å². The zero-order valence-electron chi connectivity index (χ0n) is 21.9. The smallest absolute Gasteiger partial charge is 1.00 e. The van der Waals surface area contributed by atoms with Crippen molar-refractivity contribution in [1.29, 1.82) is 0 Å². The van der Waals surface area contributed by atoms with E-state index in [0.29, 0.717) is 0 Å². The van der Waals surface area contributed by atoms with Crippen molar-refractivity contribution in [3.63, 3.8) is 0 Å². The van der Waals surface area contributed by atoms with Crippen molar-refractivity contribution < 1.29 is 31.9 Å². The average Bonchev–Trinajstić information content (AvgIpc) is 2.43. The average molecular weight is 543 g/mol. The van der Waals surface area contributed by atoms with Crippen LogP contribution in [0.2, 0.25) is 58.9 Å². The number of benzene rings is 1. The summed E-state index contributed by atoms with van der Waals surface area (Å²) in [5.41, 5.74) is 0. The Labute approximate surface area is 207 Å². The summed E-state index contributed by atoms with van der Waals surface area (Å²) in [4.78, 5) is 4.36. The zero-order chi connectivity index (χ0) is 21.9. The molecule has 0 spiro atoms. The van der Waals surface area contributed by atoms with Crippen LogP contribution < -0.4 is 12.4 Å². The van der Waals surface area contributed by atoms with E-state index in [1.54, 1.807) is 0 Å². The molecule has 0 aliphatic heterocycles. The van der Waals surface area contributed by atoms with Gasteiger partial charge in [-0.05, 0) is 28.2 Å². The molecule has 1 aromatic rings. The summed E-state index contributed by atoms with van der Waals surface area (Å²) in [5, 5.41) is 0. The fourth-order valence-electron chi connectivity index (χ4n) is 4.16. The fraction of sp³-hybridized carbons (Fsp3) is 0.714. The van der Waals surface area contributed by atoms with E-state index in [9.17, 15) is 0 Å². The Morgan fingerprint density at radius 1 is 0.517 bits per heavy atom. The molecular weight excluding hydrogens is 493 g/mol. The molecule has 0 atom stereocenters. The molecule has 0 aromatic heterocycles. The Morgan fingerprint density at radius 2 is 0.690 bits per heavy atom.